The van der Waals surface area contributed by atoms with Crippen molar-refractivity contribution in [2.45, 2.75) is 64.6 Å². The van der Waals surface area contributed by atoms with Crippen LogP contribution in [-0.4, -0.2) is 39.2 Å². The lowest BCUT2D eigenvalue weighted by Gasteiger charge is -2.18. The maximum atomic E-state index is 12.7. The number of nitrogens with zero attached hydrogens (tertiary/aromatic N) is 2. The van der Waals surface area contributed by atoms with Gasteiger partial charge in [0.25, 0.3) is 0 Å². The molecular formula is C33H38N4O2. The Labute approximate surface area is 231 Å². The van der Waals surface area contributed by atoms with E-state index in [9.17, 15) is 9.90 Å². The van der Waals surface area contributed by atoms with Crippen LogP contribution >= 0.6 is 0 Å². The van der Waals surface area contributed by atoms with Gasteiger partial charge >= 0.3 is 0 Å². The van der Waals surface area contributed by atoms with E-state index in [4.69, 9.17) is 0 Å². The molecule has 0 saturated carbocycles. The highest BCUT2D eigenvalue weighted by atomic mass is 16.3. The number of aryl methyl sites for hydroxylation is 2. The topological polar surface area (TPSA) is 79.2 Å². The van der Waals surface area contributed by atoms with Crippen molar-refractivity contribution >= 4 is 5.91 Å². The first-order valence-corrected chi connectivity index (χ1v) is 13.8. The number of hydrogen-bond acceptors (Lipinski definition) is 4. The fourth-order valence-electron chi connectivity index (χ4n) is 5.60. The van der Waals surface area contributed by atoms with Crippen LogP contribution in [0.4, 0.5) is 0 Å². The second-order valence-corrected chi connectivity index (χ2v) is 10.9. The molecule has 0 fully saturated rings. The molecule has 6 heteroatoms. The molecule has 2 aromatic carbocycles. The number of carbonyl (C=O) groups excluding carboxylic acids is 1. The van der Waals surface area contributed by atoms with Gasteiger partial charge in [0.2, 0.25) is 5.91 Å². The standard InChI is InChI=1S/C33H38N4O2/c1-22(34-21-31(38)29-13-14-32(35-20-29)37-23(2)11-12-24(37)3)15-25-7-6-8-26(16-25)17-33(39)36-30-18-27-9-4-5-10-28(27)19-30/h4-14,16,20,22,30-31,34,38H,15,17-19,21H2,1-3H3,(H,36,39). The zero-order valence-corrected chi connectivity index (χ0v) is 23.0. The highest BCUT2D eigenvalue weighted by Crippen LogP contribution is 2.22. The lowest BCUT2D eigenvalue weighted by molar-refractivity contribution is -0.121. The summed E-state index contributed by atoms with van der Waals surface area (Å²) < 4.78 is 2.10. The van der Waals surface area contributed by atoms with Crippen LogP contribution in [0.25, 0.3) is 5.82 Å². The number of aliphatic hydroxyl groups is 1. The molecule has 2 unspecified atom stereocenters. The van der Waals surface area contributed by atoms with Gasteiger partial charge in [0.05, 0.1) is 12.5 Å². The first kappa shape index (κ1) is 26.9. The van der Waals surface area contributed by atoms with E-state index in [1.54, 1.807) is 6.20 Å². The molecular weight excluding hydrogens is 484 g/mol. The van der Waals surface area contributed by atoms with Crippen LogP contribution in [0.1, 0.15) is 52.2 Å². The predicted molar refractivity (Wildman–Crippen MR) is 155 cm³/mol. The molecule has 0 spiro atoms. The first-order valence-electron chi connectivity index (χ1n) is 13.8. The fraction of sp³-hybridized carbons (Fsp3) is 0.333. The molecule has 0 bridgehead atoms. The minimum Gasteiger partial charge on any atom is -0.387 e. The molecule has 0 radical (unpaired) electrons. The second kappa shape index (κ2) is 12.0. The smallest absolute Gasteiger partial charge is 0.224 e. The van der Waals surface area contributed by atoms with Crippen molar-refractivity contribution in [1.29, 1.82) is 0 Å². The molecule has 1 amide bonds. The van der Waals surface area contributed by atoms with E-state index in [0.29, 0.717) is 13.0 Å². The third-order valence-electron chi connectivity index (χ3n) is 7.63. The predicted octanol–water partition coefficient (Wildman–Crippen LogP) is 4.57. The zero-order chi connectivity index (χ0) is 27.4. The molecule has 3 N–H and O–H groups in total. The molecule has 2 aromatic heterocycles. The molecule has 39 heavy (non-hydrogen) atoms. The minimum absolute atomic E-state index is 0.0703. The number of fused-ring (bicyclic) bond motifs is 1. The second-order valence-electron chi connectivity index (χ2n) is 10.9. The minimum atomic E-state index is -0.641. The third-order valence-corrected chi connectivity index (χ3v) is 7.63. The van der Waals surface area contributed by atoms with Crippen molar-refractivity contribution in [3.8, 4) is 5.82 Å². The summed E-state index contributed by atoms with van der Waals surface area (Å²) in [5.74, 6) is 0.926. The van der Waals surface area contributed by atoms with Gasteiger partial charge in [0, 0.05) is 41.8 Å². The van der Waals surface area contributed by atoms with Gasteiger partial charge in [-0.3, -0.25) is 4.79 Å². The van der Waals surface area contributed by atoms with Crippen molar-refractivity contribution in [2.24, 2.45) is 0 Å². The first-order chi connectivity index (χ1) is 18.9. The number of aromatic nitrogens is 2. The van der Waals surface area contributed by atoms with Gasteiger partial charge in [-0.2, -0.15) is 0 Å². The zero-order valence-electron chi connectivity index (χ0n) is 23.0. The molecule has 1 aliphatic rings. The summed E-state index contributed by atoms with van der Waals surface area (Å²) >= 11 is 0. The average molecular weight is 523 g/mol. The molecule has 4 aromatic rings. The van der Waals surface area contributed by atoms with Crippen molar-refractivity contribution in [3.63, 3.8) is 0 Å². The quantitative estimate of drug-likeness (QED) is 0.285. The van der Waals surface area contributed by atoms with E-state index in [1.807, 2.05) is 24.3 Å². The van der Waals surface area contributed by atoms with Gasteiger partial charge in [-0.05, 0) is 80.5 Å². The molecule has 2 heterocycles. The van der Waals surface area contributed by atoms with E-state index in [-0.39, 0.29) is 18.0 Å². The molecule has 1 aliphatic carbocycles. The molecule has 202 valence electrons. The molecule has 0 saturated heterocycles. The Kier molecular flexibility index (Phi) is 8.24. The summed E-state index contributed by atoms with van der Waals surface area (Å²) in [6.07, 6.45) is 4.12. The van der Waals surface area contributed by atoms with E-state index in [1.165, 1.54) is 16.7 Å². The molecule has 5 rings (SSSR count). The van der Waals surface area contributed by atoms with Gasteiger partial charge in [-0.25, -0.2) is 4.98 Å². The van der Waals surface area contributed by atoms with E-state index >= 15 is 0 Å². The lowest BCUT2D eigenvalue weighted by Crippen LogP contribution is -2.36. The SMILES string of the molecule is Cc1ccc(C)n1-c1ccc(C(O)CNC(C)Cc2cccc(CC(=O)NC3Cc4ccccc4C3)c2)cn1. The van der Waals surface area contributed by atoms with Gasteiger partial charge in [-0.15, -0.1) is 0 Å². The van der Waals surface area contributed by atoms with Crippen molar-refractivity contribution < 1.29 is 9.90 Å². The van der Waals surface area contributed by atoms with Crippen LogP contribution < -0.4 is 10.6 Å². The fourth-order valence-corrected chi connectivity index (χ4v) is 5.60. The van der Waals surface area contributed by atoms with Crippen LogP contribution in [0, 0.1) is 13.8 Å². The Balaban J connectivity index is 1.09. The summed E-state index contributed by atoms with van der Waals surface area (Å²) in [6.45, 7) is 6.67. The Morgan fingerprint density at radius 2 is 1.67 bits per heavy atom. The van der Waals surface area contributed by atoms with E-state index < -0.39 is 6.10 Å². The van der Waals surface area contributed by atoms with E-state index in [0.717, 1.165) is 47.6 Å². The van der Waals surface area contributed by atoms with Gasteiger partial charge in [0.15, 0.2) is 0 Å². The van der Waals surface area contributed by atoms with Gasteiger partial charge < -0.3 is 20.3 Å². The Morgan fingerprint density at radius 1 is 0.974 bits per heavy atom. The number of pyridine rings is 1. The highest BCUT2D eigenvalue weighted by Gasteiger charge is 2.22. The number of carbonyl (C=O) groups is 1. The van der Waals surface area contributed by atoms with Crippen molar-refractivity contribution in [2.75, 3.05) is 6.54 Å². The largest absolute Gasteiger partial charge is 0.387 e. The Morgan fingerprint density at radius 3 is 2.33 bits per heavy atom. The number of rotatable bonds is 10. The van der Waals surface area contributed by atoms with Crippen LogP contribution in [0.3, 0.4) is 0 Å². The monoisotopic (exact) mass is 522 g/mol. The van der Waals surface area contributed by atoms with Crippen molar-refractivity contribution in [1.82, 2.24) is 20.2 Å². The van der Waals surface area contributed by atoms with Crippen LogP contribution in [0.15, 0.2) is 79.0 Å². The molecule has 6 nitrogen and oxygen atoms in total. The van der Waals surface area contributed by atoms with Gasteiger partial charge in [-0.1, -0.05) is 54.6 Å². The van der Waals surface area contributed by atoms with Crippen LogP contribution in [0.5, 0.6) is 0 Å². The molecule has 2 atom stereocenters. The average Bonchev–Trinajstić information content (AvgIpc) is 3.48. The van der Waals surface area contributed by atoms with Crippen LogP contribution in [-0.2, 0) is 30.5 Å². The molecule has 0 aliphatic heterocycles. The van der Waals surface area contributed by atoms with Crippen molar-refractivity contribution in [3.05, 3.63) is 118 Å². The summed E-state index contributed by atoms with van der Waals surface area (Å²) in [4.78, 5) is 17.3. The van der Waals surface area contributed by atoms with Gasteiger partial charge in [0.1, 0.15) is 5.82 Å². The third kappa shape index (κ3) is 6.64. The Bertz CT molecular complexity index is 1380. The lowest BCUT2D eigenvalue weighted by atomic mass is 10.0. The van der Waals surface area contributed by atoms with E-state index in [2.05, 4.69) is 89.5 Å². The maximum Gasteiger partial charge on any atom is 0.224 e. The summed E-state index contributed by atoms with van der Waals surface area (Å²) in [5.41, 5.74) is 7.93. The summed E-state index contributed by atoms with van der Waals surface area (Å²) in [6, 6.07) is 25.1. The summed E-state index contributed by atoms with van der Waals surface area (Å²) in [5, 5.41) is 17.4. The van der Waals surface area contributed by atoms with Crippen LogP contribution in [0.2, 0.25) is 0 Å². The number of nitrogens with one attached hydrogen (secondary N) is 2. The normalized spacial score (nSPS) is 14.7. The maximum absolute atomic E-state index is 12.7. The Hall–Kier alpha value is -3.74. The number of benzene rings is 2. The number of aliphatic hydroxyl groups excluding tert-OH is 1. The highest BCUT2D eigenvalue weighted by molar-refractivity contribution is 5.79. The number of amides is 1. The summed E-state index contributed by atoms with van der Waals surface area (Å²) in [7, 11) is 0. The number of hydrogen-bond donors (Lipinski definition) is 3.